The van der Waals surface area contributed by atoms with Gasteiger partial charge in [0.1, 0.15) is 5.75 Å². The van der Waals surface area contributed by atoms with Crippen LogP contribution in [0.25, 0.3) is 0 Å². The summed E-state index contributed by atoms with van der Waals surface area (Å²) in [4.78, 5) is 11.7. The molecule has 19 heavy (non-hydrogen) atoms. The van der Waals surface area contributed by atoms with Crippen molar-refractivity contribution in [1.82, 2.24) is 0 Å². The van der Waals surface area contributed by atoms with Gasteiger partial charge in [-0.1, -0.05) is 41.4 Å². The maximum absolute atomic E-state index is 11.7. The van der Waals surface area contributed by atoms with Crippen molar-refractivity contribution in [2.75, 3.05) is 5.32 Å². The molecule has 0 atom stereocenters. The summed E-state index contributed by atoms with van der Waals surface area (Å²) in [6.45, 7) is 1.83. The number of hydrogen-bond donors (Lipinski definition) is 1. The van der Waals surface area contributed by atoms with Crippen molar-refractivity contribution < 1.29 is 9.53 Å². The standard InChI is InChI=1S/C14H11Cl2NO2/c1-9-7-12(16)13(8-11(9)15)17-14(18)19-10-5-3-2-4-6-10/h2-8H,1H3,(H,17,18). The molecule has 5 heteroatoms. The van der Waals surface area contributed by atoms with Gasteiger partial charge in [0.2, 0.25) is 0 Å². The van der Waals surface area contributed by atoms with Gasteiger partial charge in [0.15, 0.2) is 0 Å². The average Bonchev–Trinajstić information content (AvgIpc) is 2.37. The lowest BCUT2D eigenvalue weighted by atomic mass is 10.2. The molecule has 0 saturated heterocycles. The van der Waals surface area contributed by atoms with Crippen LogP contribution >= 0.6 is 23.2 Å². The lowest BCUT2D eigenvalue weighted by Crippen LogP contribution is -2.17. The van der Waals surface area contributed by atoms with E-state index in [1.807, 2.05) is 13.0 Å². The fourth-order valence-corrected chi connectivity index (χ4v) is 1.90. The number of amides is 1. The molecule has 1 amide bonds. The molecule has 2 aromatic rings. The van der Waals surface area contributed by atoms with Crippen LogP contribution in [0.4, 0.5) is 10.5 Å². The summed E-state index contributed by atoms with van der Waals surface area (Å²) in [5.41, 5.74) is 1.26. The number of nitrogens with one attached hydrogen (secondary N) is 1. The molecule has 0 spiro atoms. The van der Waals surface area contributed by atoms with Gasteiger partial charge in [-0.05, 0) is 36.8 Å². The monoisotopic (exact) mass is 295 g/mol. The second kappa shape index (κ2) is 5.95. The zero-order chi connectivity index (χ0) is 13.8. The molecule has 0 saturated carbocycles. The molecule has 0 aliphatic heterocycles. The summed E-state index contributed by atoms with van der Waals surface area (Å²) in [5, 5.41) is 3.49. The van der Waals surface area contributed by atoms with E-state index in [4.69, 9.17) is 27.9 Å². The Balaban J connectivity index is 2.09. The van der Waals surface area contributed by atoms with Crippen LogP contribution in [-0.2, 0) is 0 Å². The first kappa shape index (κ1) is 13.7. The SMILES string of the molecule is Cc1cc(Cl)c(NC(=O)Oc2ccccc2)cc1Cl. The van der Waals surface area contributed by atoms with Crippen molar-refractivity contribution in [3.8, 4) is 5.75 Å². The van der Waals surface area contributed by atoms with E-state index < -0.39 is 6.09 Å². The van der Waals surface area contributed by atoms with Crippen molar-refractivity contribution in [2.45, 2.75) is 6.92 Å². The van der Waals surface area contributed by atoms with E-state index in [1.165, 1.54) is 0 Å². The second-order valence-corrected chi connectivity index (χ2v) is 4.72. The molecule has 0 aliphatic rings. The van der Waals surface area contributed by atoms with Crippen molar-refractivity contribution in [3.05, 3.63) is 58.1 Å². The third kappa shape index (κ3) is 3.63. The molecule has 2 aromatic carbocycles. The number of carbonyl (C=O) groups is 1. The number of carbonyl (C=O) groups excluding carboxylic acids is 1. The van der Waals surface area contributed by atoms with E-state index >= 15 is 0 Å². The largest absolute Gasteiger partial charge is 0.417 e. The van der Waals surface area contributed by atoms with Crippen LogP contribution in [0.5, 0.6) is 5.75 Å². The van der Waals surface area contributed by atoms with Crippen LogP contribution < -0.4 is 10.1 Å². The van der Waals surface area contributed by atoms with E-state index in [1.54, 1.807) is 36.4 Å². The van der Waals surface area contributed by atoms with E-state index in [-0.39, 0.29) is 0 Å². The Morgan fingerprint density at radius 1 is 1.11 bits per heavy atom. The minimum Gasteiger partial charge on any atom is -0.410 e. The highest BCUT2D eigenvalue weighted by atomic mass is 35.5. The lowest BCUT2D eigenvalue weighted by Gasteiger charge is -2.09. The molecule has 0 unspecified atom stereocenters. The summed E-state index contributed by atoms with van der Waals surface area (Å²) >= 11 is 12.0. The first-order chi connectivity index (χ1) is 9.06. The zero-order valence-corrected chi connectivity index (χ0v) is 11.6. The predicted octanol–water partition coefficient (Wildman–Crippen LogP) is 4.91. The third-order valence-electron chi connectivity index (χ3n) is 2.44. The van der Waals surface area contributed by atoms with Crippen LogP contribution in [0.2, 0.25) is 10.0 Å². The number of para-hydroxylation sites is 1. The van der Waals surface area contributed by atoms with Crippen LogP contribution in [0.15, 0.2) is 42.5 Å². The topological polar surface area (TPSA) is 38.3 Å². The van der Waals surface area contributed by atoms with E-state index in [9.17, 15) is 4.79 Å². The molecule has 98 valence electrons. The van der Waals surface area contributed by atoms with Gasteiger partial charge in [-0.25, -0.2) is 4.79 Å². The highest BCUT2D eigenvalue weighted by Crippen LogP contribution is 2.28. The van der Waals surface area contributed by atoms with Crippen molar-refractivity contribution >= 4 is 35.0 Å². The normalized spacial score (nSPS) is 10.1. The van der Waals surface area contributed by atoms with Gasteiger partial charge < -0.3 is 4.74 Å². The van der Waals surface area contributed by atoms with Gasteiger partial charge in [0.05, 0.1) is 10.7 Å². The molecular formula is C14H11Cl2NO2. The number of hydrogen-bond acceptors (Lipinski definition) is 2. The Hall–Kier alpha value is -1.71. The quantitative estimate of drug-likeness (QED) is 0.854. The molecular weight excluding hydrogens is 285 g/mol. The molecule has 0 aliphatic carbocycles. The van der Waals surface area contributed by atoms with E-state index in [0.717, 1.165) is 5.56 Å². The molecule has 3 nitrogen and oxygen atoms in total. The Kier molecular flexibility index (Phi) is 4.30. The summed E-state index contributed by atoms with van der Waals surface area (Å²) in [6, 6.07) is 12.0. The number of halogens is 2. The molecule has 0 fully saturated rings. The van der Waals surface area contributed by atoms with Crippen LogP contribution in [0, 0.1) is 6.92 Å². The summed E-state index contributed by atoms with van der Waals surface area (Å²) in [5.74, 6) is 0.453. The fourth-order valence-electron chi connectivity index (χ4n) is 1.47. The van der Waals surface area contributed by atoms with Gasteiger partial charge >= 0.3 is 6.09 Å². The number of benzene rings is 2. The number of anilines is 1. The lowest BCUT2D eigenvalue weighted by molar-refractivity contribution is 0.215. The third-order valence-corrected chi connectivity index (χ3v) is 3.16. The summed E-state index contributed by atoms with van der Waals surface area (Å²) in [7, 11) is 0. The van der Waals surface area contributed by atoms with Gasteiger partial charge in [-0.2, -0.15) is 0 Å². The van der Waals surface area contributed by atoms with Crippen molar-refractivity contribution in [3.63, 3.8) is 0 Å². The Morgan fingerprint density at radius 2 is 1.79 bits per heavy atom. The van der Waals surface area contributed by atoms with Gasteiger partial charge in [-0.15, -0.1) is 0 Å². The first-order valence-corrected chi connectivity index (χ1v) is 6.31. The van der Waals surface area contributed by atoms with Gasteiger partial charge in [-0.3, -0.25) is 5.32 Å². The molecule has 2 rings (SSSR count). The number of ether oxygens (including phenoxy) is 1. The average molecular weight is 296 g/mol. The first-order valence-electron chi connectivity index (χ1n) is 5.56. The number of aryl methyl sites for hydroxylation is 1. The van der Waals surface area contributed by atoms with Crippen LogP contribution in [0.3, 0.4) is 0 Å². The van der Waals surface area contributed by atoms with Gasteiger partial charge in [0, 0.05) is 5.02 Å². The molecule has 0 aromatic heterocycles. The van der Waals surface area contributed by atoms with Crippen molar-refractivity contribution in [2.24, 2.45) is 0 Å². The molecule has 1 N–H and O–H groups in total. The summed E-state index contributed by atoms with van der Waals surface area (Å²) in [6.07, 6.45) is -0.618. The Morgan fingerprint density at radius 3 is 2.47 bits per heavy atom. The van der Waals surface area contributed by atoms with Crippen molar-refractivity contribution in [1.29, 1.82) is 0 Å². The minimum absolute atomic E-state index is 0.409. The Labute approximate surface area is 121 Å². The Bertz CT molecular complexity index is 600. The second-order valence-electron chi connectivity index (χ2n) is 3.91. The predicted molar refractivity (Wildman–Crippen MR) is 77.3 cm³/mol. The van der Waals surface area contributed by atoms with E-state index in [2.05, 4.69) is 5.32 Å². The number of rotatable bonds is 2. The molecule has 0 radical (unpaired) electrons. The van der Waals surface area contributed by atoms with Crippen LogP contribution in [0.1, 0.15) is 5.56 Å². The smallest absolute Gasteiger partial charge is 0.410 e. The van der Waals surface area contributed by atoms with Gasteiger partial charge in [0.25, 0.3) is 0 Å². The maximum atomic E-state index is 11.7. The highest BCUT2D eigenvalue weighted by molar-refractivity contribution is 6.36. The van der Waals surface area contributed by atoms with E-state index in [0.29, 0.717) is 21.5 Å². The zero-order valence-electron chi connectivity index (χ0n) is 10.1. The van der Waals surface area contributed by atoms with Crippen LogP contribution in [-0.4, -0.2) is 6.09 Å². The minimum atomic E-state index is -0.618. The highest BCUT2D eigenvalue weighted by Gasteiger charge is 2.10. The summed E-state index contributed by atoms with van der Waals surface area (Å²) < 4.78 is 5.09. The molecule has 0 bridgehead atoms. The maximum Gasteiger partial charge on any atom is 0.417 e. The molecule has 0 heterocycles. The fraction of sp³-hybridized carbons (Fsp3) is 0.0714.